The average molecular weight is 252 g/mol. The number of rotatable bonds is 6. The standard InChI is InChI=1S/C15H28N2O/c1-3-5-15(18)17-10-13(8-12-6-7-12)9-14(11-17)16-4-2/h12-14,16H,3-11H2,1-2H3. The lowest BCUT2D eigenvalue weighted by Gasteiger charge is -2.38. The summed E-state index contributed by atoms with van der Waals surface area (Å²) in [5.41, 5.74) is 0. The third-order valence-electron chi connectivity index (χ3n) is 4.21. The summed E-state index contributed by atoms with van der Waals surface area (Å²) in [6.45, 7) is 7.19. The number of likely N-dealkylation sites (tertiary alicyclic amines) is 1. The second-order valence-electron chi connectivity index (χ2n) is 6.08. The minimum absolute atomic E-state index is 0.362. The molecule has 1 saturated carbocycles. The van der Waals surface area contributed by atoms with Gasteiger partial charge in [0, 0.05) is 25.6 Å². The van der Waals surface area contributed by atoms with Crippen LogP contribution in [0.3, 0.4) is 0 Å². The predicted octanol–water partition coefficient (Wildman–Crippen LogP) is 2.41. The molecular weight excluding hydrogens is 224 g/mol. The average Bonchev–Trinajstić information content (AvgIpc) is 3.13. The molecule has 1 heterocycles. The summed E-state index contributed by atoms with van der Waals surface area (Å²) in [5.74, 6) is 2.07. The SMILES string of the molecule is CCCC(=O)N1CC(CC2CC2)CC(NCC)C1. The number of carbonyl (C=O) groups excluding carboxylic acids is 1. The monoisotopic (exact) mass is 252 g/mol. The Hall–Kier alpha value is -0.570. The van der Waals surface area contributed by atoms with E-state index in [1.807, 2.05) is 0 Å². The van der Waals surface area contributed by atoms with Crippen molar-refractivity contribution in [3.05, 3.63) is 0 Å². The number of nitrogens with zero attached hydrogens (tertiary/aromatic N) is 1. The molecule has 1 aliphatic carbocycles. The van der Waals surface area contributed by atoms with Crippen molar-refractivity contribution in [3.8, 4) is 0 Å². The fourth-order valence-corrected chi connectivity index (χ4v) is 3.21. The van der Waals surface area contributed by atoms with E-state index in [1.54, 1.807) is 0 Å². The van der Waals surface area contributed by atoms with Crippen molar-refractivity contribution < 1.29 is 4.79 Å². The molecule has 2 aliphatic rings. The highest BCUT2D eigenvalue weighted by Crippen LogP contribution is 2.37. The van der Waals surface area contributed by atoms with Crippen molar-refractivity contribution in [1.29, 1.82) is 0 Å². The first-order valence-electron chi connectivity index (χ1n) is 7.74. The molecule has 0 aromatic carbocycles. The van der Waals surface area contributed by atoms with Crippen LogP contribution >= 0.6 is 0 Å². The number of nitrogens with one attached hydrogen (secondary N) is 1. The van der Waals surface area contributed by atoms with Gasteiger partial charge in [0.1, 0.15) is 0 Å². The fraction of sp³-hybridized carbons (Fsp3) is 0.933. The molecule has 0 aromatic heterocycles. The summed E-state index contributed by atoms with van der Waals surface area (Å²) in [6.07, 6.45) is 7.14. The van der Waals surface area contributed by atoms with Crippen LogP contribution in [0.1, 0.15) is 52.4 Å². The Labute approximate surface area is 111 Å². The topological polar surface area (TPSA) is 32.3 Å². The molecule has 1 aliphatic heterocycles. The van der Waals surface area contributed by atoms with Crippen molar-refractivity contribution in [1.82, 2.24) is 10.2 Å². The van der Waals surface area contributed by atoms with Gasteiger partial charge in [-0.25, -0.2) is 0 Å². The highest BCUT2D eigenvalue weighted by atomic mass is 16.2. The Morgan fingerprint density at radius 1 is 1.22 bits per heavy atom. The lowest BCUT2D eigenvalue weighted by Crippen LogP contribution is -2.51. The van der Waals surface area contributed by atoms with E-state index in [2.05, 4.69) is 24.1 Å². The molecule has 1 amide bonds. The number of hydrogen-bond acceptors (Lipinski definition) is 2. The van der Waals surface area contributed by atoms with Crippen LogP contribution in [-0.2, 0) is 4.79 Å². The molecule has 1 N–H and O–H groups in total. The Morgan fingerprint density at radius 2 is 2.00 bits per heavy atom. The molecule has 2 unspecified atom stereocenters. The fourth-order valence-electron chi connectivity index (χ4n) is 3.21. The van der Waals surface area contributed by atoms with Gasteiger partial charge in [0.05, 0.1) is 0 Å². The number of hydrogen-bond donors (Lipinski definition) is 1. The first-order valence-corrected chi connectivity index (χ1v) is 7.74. The molecule has 18 heavy (non-hydrogen) atoms. The van der Waals surface area contributed by atoms with Crippen LogP contribution in [0.15, 0.2) is 0 Å². The highest BCUT2D eigenvalue weighted by Gasteiger charge is 2.33. The number of piperidine rings is 1. The molecule has 0 aromatic rings. The second kappa shape index (κ2) is 6.55. The van der Waals surface area contributed by atoms with Gasteiger partial charge in [-0.15, -0.1) is 0 Å². The quantitative estimate of drug-likeness (QED) is 0.787. The lowest BCUT2D eigenvalue weighted by molar-refractivity contribution is -0.133. The number of amides is 1. The van der Waals surface area contributed by atoms with Crippen LogP contribution in [0.4, 0.5) is 0 Å². The first-order chi connectivity index (χ1) is 8.72. The third-order valence-corrected chi connectivity index (χ3v) is 4.21. The zero-order chi connectivity index (χ0) is 13.0. The maximum absolute atomic E-state index is 12.1. The third kappa shape index (κ3) is 3.98. The Balaban J connectivity index is 1.89. The van der Waals surface area contributed by atoms with E-state index in [9.17, 15) is 4.79 Å². The summed E-state index contributed by atoms with van der Waals surface area (Å²) in [5, 5.41) is 3.54. The number of likely N-dealkylation sites (N-methyl/N-ethyl adjacent to an activating group) is 1. The Bertz CT molecular complexity index is 276. The largest absolute Gasteiger partial charge is 0.341 e. The van der Waals surface area contributed by atoms with E-state index in [-0.39, 0.29) is 0 Å². The molecule has 0 spiro atoms. The van der Waals surface area contributed by atoms with Crippen LogP contribution in [0, 0.1) is 11.8 Å². The van der Waals surface area contributed by atoms with Crippen molar-refractivity contribution in [2.75, 3.05) is 19.6 Å². The van der Waals surface area contributed by atoms with Crippen LogP contribution in [0.5, 0.6) is 0 Å². The summed E-state index contributed by atoms with van der Waals surface area (Å²) < 4.78 is 0. The summed E-state index contributed by atoms with van der Waals surface area (Å²) >= 11 is 0. The van der Waals surface area contributed by atoms with Crippen molar-refractivity contribution in [2.45, 2.75) is 58.4 Å². The van der Waals surface area contributed by atoms with Gasteiger partial charge in [0.2, 0.25) is 5.91 Å². The Morgan fingerprint density at radius 3 is 2.61 bits per heavy atom. The minimum atomic E-state index is 0.362. The second-order valence-corrected chi connectivity index (χ2v) is 6.08. The van der Waals surface area contributed by atoms with E-state index in [0.29, 0.717) is 11.9 Å². The van der Waals surface area contributed by atoms with E-state index in [4.69, 9.17) is 0 Å². The Kier molecular flexibility index (Phi) is 5.04. The van der Waals surface area contributed by atoms with Crippen LogP contribution in [-0.4, -0.2) is 36.5 Å². The van der Waals surface area contributed by atoms with Gasteiger partial charge in [0.15, 0.2) is 0 Å². The van der Waals surface area contributed by atoms with Crippen LogP contribution in [0.2, 0.25) is 0 Å². The van der Waals surface area contributed by atoms with Crippen LogP contribution < -0.4 is 5.32 Å². The molecule has 3 heteroatoms. The molecule has 0 radical (unpaired) electrons. The van der Waals surface area contributed by atoms with Gasteiger partial charge >= 0.3 is 0 Å². The summed E-state index contributed by atoms with van der Waals surface area (Å²) in [4.78, 5) is 14.2. The molecule has 2 atom stereocenters. The maximum Gasteiger partial charge on any atom is 0.222 e. The molecule has 104 valence electrons. The smallest absolute Gasteiger partial charge is 0.222 e. The van der Waals surface area contributed by atoms with E-state index < -0.39 is 0 Å². The van der Waals surface area contributed by atoms with Crippen molar-refractivity contribution >= 4 is 5.91 Å². The van der Waals surface area contributed by atoms with Crippen LogP contribution in [0.25, 0.3) is 0 Å². The summed E-state index contributed by atoms with van der Waals surface area (Å²) in [7, 11) is 0. The van der Waals surface area contributed by atoms with Gasteiger partial charge in [-0.05, 0) is 37.6 Å². The molecule has 0 bridgehead atoms. The molecular formula is C15H28N2O. The minimum Gasteiger partial charge on any atom is -0.341 e. The molecule has 2 rings (SSSR count). The van der Waals surface area contributed by atoms with E-state index in [0.717, 1.165) is 44.3 Å². The van der Waals surface area contributed by atoms with Gasteiger partial charge in [-0.2, -0.15) is 0 Å². The molecule has 2 fully saturated rings. The highest BCUT2D eigenvalue weighted by molar-refractivity contribution is 5.76. The van der Waals surface area contributed by atoms with Crippen molar-refractivity contribution in [3.63, 3.8) is 0 Å². The van der Waals surface area contributed by atoms with Crippen molar-refractivity contribution in [2.24, 2.45) is 11.8 Å². The first kappa shape index (κ1) is 13.9. The summed E-state index contributed by atoms with van der Waals surface area (Å²) in [6, 6.07) is 0.522. The zero-order valence-corrected chi connectivity index (χ0v) is 12.0. The normalized spacial score (nSPS) is 28.4. The lowest BCUT2D eigenvalue weighted by atomic mass is 9.89. The number of carbonyl (C=O) groups is 1. The van der Waals surface area contributed by atoms with Gasteiger partial charge < -0.3 is 10.2 Å². The van der Waals surface area contributed by atoms with E-state index in [1.165, 1.54) is 25.7 Å². The molecule has 1 saturated heterocycles. The van der Waals surface area contributed by atoms with Gasteiger partial charge in [-0.3, -0.25) is 4.79 Å². The van der Waals surface area contributed by atoms with Gasteiger partial charge in [-0.1, -0.05) is 26.7 Å². The maximum atomic E-state index is 12.1. The van der Waals surface area contributed by atoms with Gasteiger partial charge in [0.25, 0.3) is 0 Å². The van der Waals surface area contributed by atoms with E-state index >= 15 is 0 Å². The molecule has 3 nitrogen and oxygen atoms in total. The predicted molar refractivity (Wildman–Crippen MR) is 74.4 cm³/mol. The zero-order valence-electron chi connectivity index (χ0n) is 12.0.